The van der Waals surface area contributed by atoms with E-state index < -0.39 is 10.0 Å². The van der Waals surface area contributed by atoms with Crippen molar-refractivity contribution in [1.82, 2.24) is 9.21 Å². The van der Waals surface area contributed by atoms with Crippen molar-refractivity contribution in [2.24, 2.45) is 0 Å². The molecule has 2 aromatic carbocycles. The van der Waals surface area contributed by atoms with Crippen molar-refractivity contribution >= 4 is 33.6 Å². The van der Waals surface area contributed by atoms with E-state index in [0.29, 0.717) is 23.7 Å². The third-order valence-electron chi connectivity index (χ3n) is 4.27. The van der Waals surface area contributed by atoms with Crippen molar-refractivity contribution < 1.29 is 17.6 Å². The molecule has 1 heterocycles. The van der Waals surface area contributed by atoms with Crippen LogP contribution in [0.4, 0.5) is 4.39 Å². The molecule has 8 heteroatoms. The first kappa shape index (κ1) is 19.5. The van der Waals surface area contributed by atoms with Crippen LogP contribution in [0.1, 0.15) is 5.56 Å². The van der Waals surface area contributed by atoms with E-state index in [1.807, 2.05) is 0 Å². The number of sulfonamides is 1. The van der Waals surface area contributed by atoms with Gasteiger partial charge in [-0.15, -0.1) is 0 Å². The fourth-order valence-corrected chi connectivity index (χ4v) is 4.50. The van der Waals surface area contributed by atoms with Gasteiger partial charge in [-0.1, -0.05) is 29.8 Å². The van der Waals surface area contributed by atoms with Gasteiger partial charge in [0, 0.05) is 37.3 Å². The number of carbonyl (C=O) groups is 1. The summed E-state index contributed by atoms with van der Waals surface area (Å²) in [5.41, 5.74) is 0.715. The molecule has 0 unspecified atom stereocenters. The van der Waals surface area contributed by atoms with Crippen molar-refractivity contribution in [3.8, 4) is 0 Å². The number of halogens is 2. The number of benzene rings is 2. The summed E-state index contributed by atoms with van der Waals surface area (Å²) in [4.78, 5) is 14.0. The molecule has 0 spiro atoms. The molecule has 1 aliphatic heterocycles. The standard InChI is InChI=1S/C19H18ClFN2O3S/c20-16-2-1-3-18(14-16)27(25,26)23-12-10-22(11-13-23)19(24)9-6-15-4-7-17(21)8-5-15/h1-9,14H,10-13H2. The summed E-state index contributed by atoms with van der Waals surface area (Å²) in [6.07, 6.45) is 3.02. The number of nitrogens with zero attached hydrogens (tertiary/aromatic N) is 2. The molecule has 0 atom stereocenters. The van der Waals surface area contributed by atoms with Crippen LogP contribution in [0.5, 0.6) is 0 Å². The van der Waals surface area contributed by atoms with E-state index in [-0.39, 0.29) is 29.7 Å². The van der Waals surface area contributed by atoms with E-state index in [4.69, 9.17) is 11.6 Å². The average molecular weight is 409 g/mol. The fraction of sp³-hybridized carbons (Fsp3) is 0.211. The minimum atomic E-state index is -3.64. The van der Waals surface area contributed by atoms with Crippen LogP contribution in [0.15, 0.2) is 59.5 Å². The zero-order valence-corrected chi connectivity index (χ0v) is 16.0. The van der Waals surface area contributed by atoms with Crippen LogP contribution in [0.3, 0.4) is 0 Å². The first-order valence-electron chi connectivity index (χ1n) is 8.34. The zero-order chi connectivity index (χ0) is 19.4. The lowest BCUT2D eigenvalue weighted by molar-refractivity contribution is -0.127. The molecule has 1 saturated heterocycles. The van der Waals surface area contributed by atoms with Gasteiger partial charge in [-0.05, 0) is 42.0 Å². The Bertz CT molecular complexity index is 953. The van der Waals surface area contributed by atoms with Gasteiger partial charge in [0.2, 0.25) is 15.9 Å². The van der Waals surface area contributed by atoms with Crippen LogP contribution in [-0.2, 0) is 14.8 Å². The van der Waals surface area contributed by atoms with Gasteiger partial charge < -0.3 is 4.90 Å². The summed E-state index contributed by atoms with van der Waals surface area (Å²) in [6, 6.07) is 11.9. The molecule has 0 aromatic heterocycles. The van der Waals surface area contributed by atoms with Crippen molar-refractivity contribution in [3.05, 3.63) is 71.0 Å². The highest BCUT2D eigenvalue weighted by atomic mass is 35.5. The van der Waals surface area contributed by atoms with Crippen molar-refractivity contribution in [1.29, 1.82) is 0 Å². The van der Waals surface area contributed by atoms with E-state index in [9.17, 15) is 17.6 Å². The van der Waals surface area contributed by atoms with Crippen LogP contribution in [0, 0.1) is 5.82 Å². The summed E-state index contributed by atoms with van der Waals surface area (Å²) in [7, 11) is -3.64. The quantitative estimate of drug-likeness (QED) is 0.731. The number of hydrogen-bond donors (Lipinski definition) is 0. The molecule has 0 aliphatic carbocycles. The molecule has 0 radical (unpaired) electrons. The molecule has 0 bridgehead atoms. The Morgan fingerprint density at radius 1 is 1.04 bits per heavy atom. The van der Waals surface area contributed by atoms with Gasteiger partial charge in [-0.25, -0.2) is 12.8 Å². The van der Waals surface area contributed by atoms with E-state index in [1.54, 1.807) is 35.2 Å². The molecular formula is C19H18ClFN2O3S. The maximum absolute atomic E-state index is 12.9. The summed E-state index contributed by atoms with van der Waals surface area (Å²) < 4.78 is 39.6. The fourth-order valence-electron chi connectivity index (χ4n) is 2.77. The summed E-state index contributed by atoms with van der Waals surface area (Å²) >= 11 is 5.88. The van der Waals surface area contributed by atoms with Gasteiger partial charge in [0.1, 0.15) is 5.82 Å². The second kappa shape index (κ2) is 8.21. The van der Waals surface area contributed by atoms with E-state index in [0.717, 1.165) is 0 Å². The molecule has 27 heavy (non-hydrogen) atoms. The lowest BCUT2D eigenvalue weighted by atomic mass is 10.2. The Morgan fingerprint density at radius 3 is 2.33 bits per heavy atom. The lowest BCUT2D eigenvalue weighted by Crippen LogP contribution is -2.50. The Balaban J connectivity index is 1.61. The topological polar surface area (TPSA) is 57.7 Å². The number of hydrogen-bond acceptors (Lipinski definition) is 3. The Labute approximate surface area is 162 Å². The van der Waals surface area contributed by atoms with Crippen LogP contribution < -0.4 is 0 Å². The maximum atomic E-state index is 12.9. The van der Waals surface area contributed by atoms with Gasteiger partial charge in [-0.2, -0.15) is 4.31 Å². The predicted octanol–water partition coefficient (Wildman–Crippen LogP) is 3.03. The van der Waals surface area contributed by atoms with E-state index in [2.05, 4.69) is 0 Å². The van der Waals surface area contributed by atoms with Crippen LogP contribution in [0.25, 0.3) is 6.08 Å². The Hall–Kier alpha value is -2.22. The summed E-state index contributed by atoms with van der Waals surface area (Å²) in [5, 5.41) is 0.357. The second-order valence-electron chi connectivity index (χ2n) is 6.07. The molecule has 5 nitrogen and oxygen atoms in total. The molecule has 2 aromatic rings. The third kappa shape index (κ3) is 4.74. The van der Waals surface area contributed by atoms with Gasteiger partial charge in [0.15, 0.2) is 0 Å². The minimum Gasteiger partial charge on any atom is -0.337 e. The SMILES string of the molecule is O=C(C=Cc1ccc(F)cc1)N1CCN(S(=O)(=O)c2cccc(Cl)c2)CC1. The predicted molar refractivity (Wildman–Crippen MR) is 102 cm³/mol. The highest BCUT2D eigenvalue weighted by Gasteiger charge is 2.29. The van der Waals surface area contributed by atoms with Crippen molar-refractivity contribution in [2.45, 2.75) is 4.90 Å². The highest BCUT2D eigenvalue weighted by molar-refractivity contribution is 7.89. The summed E-state index contributed by atoms with van der Waals surface area (Å²) in [5.74, 6) is -0.547. The largest absolute Gasteiger partial charge is 0.337 e. The zero-order valence-electron chi connectivity index (χ0n) is 14.4. The minimum absolute atomic E-state index is 0.144. The van der Waals surface area contributed by atoms with Crippen molar-refractivity contribution in [2.75, 3.05) is 26.2 Å². The number of amides is 1. The molecule has 142 valence electrons. The molecular weight excluding hydrogens is 391 g/mol. The third-order valence-corrected chi connectivity index (χ3v) is 6.40. The van der Waals surface area contributed by atoms with Gasteiger partial charge in [-0.3, -0.25) is 4.79 Å². The second-order valence-corrected chi connectivity index (χ2v) is 8.45. The van der Waals surface area contributed by atoms with Gasteiger partial charge >= 0.3 is 0 Å². The molecule has 3 rings (SSSR count). The van der Waals surface area contributed by atoms with E-state index >= 15 is 0 Å². The number of rotatable bonds is 4. The van der Waals surface area contributed by atoms with Crippen LogP contribution in [0.2, 0.25) is 5.02 Å². The molecule has 0 saturated carbocycles. The molecule has 1 aliphatic rings. The van der Waals surface area contributed by atoms with Gasteiger partial charge in [0.25, 0.3) is 0 Å². The lowest BCUT2D eigenvalue weighted by Gasteiger charge is -2.33. The normalized spacial score (nSPS) is 16.0. The van der Waals surface area contributed by atoms with Crippen LogP contribution in [-0.4, -0.2) is 49.7 Å². The monoisotopic (exact) mass is 408 g/mol. The van der Waals surface area contributed by atoms with Gasteiger partial charge in [0.05, 0.1) is 4.90 Å². The average Bonchev–Trinajstić information content (AvgIpc) is 2.67. The number of piperazine rings is 1. The highest BCUT2D eigenvalue weighted by Crippen LogP contribution is 2.21. The van der Waals surface area contributed by atoms with E-state index in [1.165, 1.54) is 34.6 Å². The smallest absolute Gasteiger partial charge is 0.246 e. The molecule has 0 N–H and O–H groups in total. The number of carbonyl (C=O) groups excluding carboxylic acids is 1. The Morgan fingerprint density at radius 2 is 1.70 bits per heavy atom. The molecule has 1 amide bonds. The van der Waals surface area contributed by atoms with Crippen molar-refractivity contribution in [3.63, 3.8) is 0 Å². The molecule has 1 fully saturated rings. The first-order chi connectivity index (χ1) is 12.9. The Kier molecular flexibility index (Phi) is 5.94. The first-order valence-corrected chi connectivity index (χ1v) is 10.2. The summed E-state index contributed by atoms with van der Waals surface area (Å²) in [6.45, 7) is 1.02. The van der Waals surface area contributed by atoms with Crippen LogP contribution >= 0.6 is 11.6 Å². The maximum Gasteiger partial charge on any atom is 0.246 e.